The fourth-order valence-corrected chi connectivity index (χ4v) is 1.87. The molecule has 7 heteroatoms. The molecule has 84 valence electrons. The summed E-state index contributed by atoms with van der Waals surface area (Å²) in [5, 5.41) is 5.28. The van der Waals surface area contributed by atoms with Crippen molar-refractivity contribution in [1.29, 1.82) is 0 Å². The van der Waals surface area contributed by atoms with Crippen molar-refractivity contribution in [1.82, 2.24) is 15.3 Å². The van der Waals surface area contributed by atoms with Gasteiger partial charge in [0.05, 0.1) is 3.57 Å². The highest BCUT2D eigenvalue weighted by atomic mass is 127. The van der Waals surface area contributed by atoms with E-state index in [0.717, 1.165) is 3.57 Å². The predicted molar refractivity (Wildman–Crippen MR) is 64.5 cm³/mol. The first kappa shape index (κ1) is 11.2. The standard InChI is InChI=1S/C9H9IN4O2/c10-5-3-11-4-12-8(5)13-6-1-2-7(15)14-9(6)16/h3-4,6H,1-2H2,(H,11,12,13)(H,14,15,16). The van der Waals surface area contributed by atoms with E-state index < -0.39 is 6.04 Å². The van der Waals surface area contributed by atoms with E-state index >= 15 is 0 Å². The maximum Gasteiger partial charge on any atom is 0.249 e. The molecule has 1 saturated heterocycles. The first-order chi connectivity index (χ1) is 7.66. The van der Waals surface area contributed by atoms with Crippen molar-refractivity contribution in [3.8, 4) is 0 Å². The van der Waals surface area contributed by atoms with Gasteiger partial charge >= 0.3 is 0 Å². The molecule has 1 aromatic heterocycles. The zero-order valence-electron chi connectivity index (χ0n) is 8.24. The number of hydrogen-bond donors (Lipinski definition) is 2. The molecule has 0 saturated carbocycles. The first-order valence-corrected chi connectivity index (χ1v) is 5.80. The summed E-state index contributed by atoms with van der Waals surface area (Å²) in [4.78, 5) is 30.3. The number of rotatable bonds is 2. The lowest BCUT2D eigenvalue weighted by molar-refractivity contribution is -0.133. The van der Waals surface area contributed by atoms with Gasteiger partial charge in [-0.15, -0.1) is 0 Å². The molecule has 1 aliphatic rings. The first-order valence-electron chi connectivity index (χ1n) is 4.72. The van der Waals surface area contributed by atoms with Crippen LogP contribution in [0.4, 0.5) is 5.82 Å². The van der Waals surface area contributed by atoms with E-state index in [1.807, 2.05) is 0 Å². The van der Waals surface area contributed by atoms with Gasteiger partial charge in [0.1, 0.15) is 18.2 Å². The van der Waals surface area contributed by atoms with E-state index in [9.17, 15) is 9.59 Å². The van der Waals surface area contributed by atoms with Crippen LogP contribution in [0.2, 0.25) is 0 Å². The van der Waals surface area contributed by atoms with Crippen LogP contribution in [0.15, 0.2) is 12.5 Å². The van der Waals surface area contributed by atoms with Gasteiger partial charge in [-0.1, -0.05) is 0 Å². The smallest absolute Gasteiger partial charge is 0.249 e. The Hall–Kier alpha value is -1.25. The predicted octanol–water partition coefficient (Wildman–Crippen LogP) is 0.298. The van der Waals surface area contributed by atoms with Crippen molar-refractivity contribution in [2.24, 2.45) is 0 Å². The van der Waals surface area contributed by atoms with Crippen LogP contribution in [0.1, 0.15) is 12.8 Å². The second-order valence-corrected chi connectivity index (χ2v) is 4.53. The van der Waals surface area contributed by atoms with Crippen LogP contribution in [0.3, 0.4) is 0 Å². The van der Waals surface area contributed by atoms with Gasteiger partial charge in [-0.2, -0.15) is 0 Å². The van der Waals surface area contributed by atoms with Crippen molar-refractivity contribution in [3.05, 3.63) is 16.1 Å². The highest BCUT2D eigenvalue weighted by Gasteiger charge is 2.26. The summed E-state index contributed by atoms with van der Waals surface area (Å²) in [6.07, 6.45) is 3.91. The zero-order valence-corrected chi connectivity index (χ0v) is 10.4. The minimum atomic E-state index is -0.402. The van der Waals surface area contributed by atoms with Crippen LogP contribution in [0.25, 0.3) is 0 Å². The number of amides is 2. The molecule has 0 radical (unpaired) electrons. The summed E-state index contributed by atoms with van der Waals surface area (Å²) >= 11 is 2.08. The topological polar surface area (TPSA) is 84.0 Å². The largest absolute Gasteiger partial charge is 0.357 e. The third kappa shape index (κ3) is 2.46. The van der Waals surface area contributed by atoms with Crippen LogP contribution in [0, 0.1) is 3.57 Å². The van der Waals surface area contributed by atoms with Gasteiger partial charge in [-0.25, -0.2) is 9.97 Å². The Balaban J connectivity index is 2.08. The monoisotopic (exact) mass is 332 g/mol. The molecule has 16 heavy (non-hydrogen) atoms. The van der Waals surface area contributed by atoms with Crippen LogP contribution >= 0.6 is 22.6 Å². The third-order valence-electron chi connectivity index (χ3n) is 2.22. The number of piperidine rings is 1. The van der Waals surface area contributed by atoms with Gasteiger partial charge in [0, 0.05) is 12.6 Å². The second-order valence-electron chi connectivity index (χ2n) is 3.37. The Bertz CT molecular complexity index is 437. The van der Waals surface area contributed by atoms with E-state index in [4.69, 9.17) is 0 Å². The summed E-state index contributed by atoms with van der Waals surface area (Å²) in [6, 6.07) is -0.402. The molecule has 2 rings (SSSR count). The average Bonchev–Trinajstić information content (AvgIpc) is 2.25. The van der Waals surface area contributed by atoms with Crippen LogP contribution in [-0.2, 0) is 9.59 Å². The number of nitrogens with zero attached hydrogens (tertiary/aromatic N) is 2. The van der Waals surface area contributed by atoms with Crippen molar-refractivity contribution in [2.75, 3.05) is 5.32 Å². The molecule has 1 atom stereocenters. The minimum Gasteiger partial charge on any atom is -0.357 e. The molecular weight excluding hydrogens is 323 g/mol. The highest BCUT2D eigenvalue weighted by molar-refractivity contribution is 14.1. The molecule has 0 aliphatic carbocycles. The van der Waals surface area contributed by atoms with E-state index in [2.05, 4.69) is 43.2 Å². The molecule has 1 aromatic rings. The maximum absolute atomic E-state index is 11.5. The van der Waals surface area contributed by atoms with Crippen molar-refractivity contribution < 1.29 is 9.59 Å². The summed E-state index contributed by atoms with van der Waals surface area (Å²) in [5.41, 5.74) is 0. The third-order valence-corrected chi connectivity index (χ3v) is 3.01. The molecule has 0 spiro atoms. The van der Waals surface area contributed by atoms with Gasteiger partial charge < -0.3 is 5.32 Å². The number of halogens is 1. The van der Waals surface area contributed by atoms with Crippen molar-refractivity contribution in [3.63, 3.8) is 0 Å². The molecule has 2 N–H and O–H groups in total. The fraction of sp³-hybridized carbons (Fsp3) is 0.333. The molecule has 0 bridgehead atoms. The van der Waals surface area contributed by atoms with Crippen LogP contribution in [0.5, 0.6) is 0 Å². The summed E-state index contributed by atoms with van der Waals surface area (Å²) in [5.74, 6) is 0.0937. The Morgan fingerprint density at radius 2 is 2.31 bits per heavy atom. The molecular formula is C9H9IN4O2. The number of hydrogen-bond acceptors (Lipinski definition) is 5. The summed E-state index contributed by atoms with van der Waals surface area (Å²) < 4.78 is 0.838. The Kier molecular flexibility index (Phi) is 3.32. The second kappa shape index (κ2) is 4.73. The highest BCUT2D eigenvalue weighted by Crippen LogP contribution is 2.16. The van der Waals surface area contributed by atoms with Crippen molar-refractivity contribution >= 4 is 40.2 Å². The average molecular weight is 332 g/mol. The minimum absolute atomic E-state index is 0.222. The van der Waals surface area contributed by atoms with Crippen LogP contribution in [-0.4, -0.2) is 27.8 Å². The number of carbonyl (C=O) groups excluding carboxylic acids is 2. The van der Waals surface area contributed by atoms with E-state index in [1.165, 1.54) is 6.33 Å². The van der Waals surface area contributed by atoms with Gasteiger partial charge in [-0.05, 0) is 29.0 Å². The molecule has 2 amide bonds. The summed E-state index contributed by atoms with van der Waals surface area (Å²) in [6.45, 7) is 0. The SMILES string of the molecule is O=C1CCC(Nc2ncncc2I)C(=O)N1. The Morgan fingerprint density at radius 1 is 1.50 bits per heavy atom. The Morgan fingerprint density at radius 3 is 3.00 bits per heavy atom. The number of nitrogens with one attached hydrogen (secondary N) is 2. The molecule has 2 heterocycles. The van der Waals surface area contributed by atoms with E-state index in [-0.39, 0.29) is 11.8 Å². The Labute approximate surface area is 105 Å². The normalized spacial score (nSPS) is 20.4. The van der Waals surface area contributed by atoms with Crippen LogP contribution < -0.4 is 10.6 Å². The molecule has 1 unspecified atom stereocenters. The van der Waals surface area contributed by atoms with Gasteiger partial charge in [0.25, 0.3) is 0 Å². The number of carbonyl (C=O) groups is 2. The molecule has 6 nitrogen and oxygen atoms in total. The number of anilines is 1. The number of imide groups is 1. The van der Waals surface area contributed by atoms with E-state index in [1.54, 1.807) is 6.20 Å². The van der Waals surface area contributed by atoms with Crippen molar-refractivity contribution in [2.45, 2.75) is 18.9 Å². The van der Waals surface area contributed by atoms with Gasteiger partial charge in [-0.3, -0.25) is 14.9 Å². The fourth-order valence-electron chi connectivity index (χ4n) is 1.42. The quantitative estimate of drug-likeness (QED) is 0.601. The van der Waals surface area contributed by atoms with Gasteiger partial charge in [0.15, 0.2) is 0 Å². The summed E-state index contributed by atoms with van der Waals surface area (Å²) in [7, 11) is 0. The molecule has 1 aliphatic heterocycles. The molecule has 0 aromatic carbocycles. The zero-order chi connectivity index (χ0) is 11.5. The number of aromatic nitrogens is 2. The van der Waals surface area contributed by atoms with E-state index in [0.29, 0.717) is 18.7 Å². The molecule has 1 fully saturated rings. The lowest BCUT2D eigenvalue weighted by Gasteiger charge is -2.22. The maximum atomic E-state index is 11.5. The lowest BCUT2D eigenvalue weighted by Crippen LogP contribution is -2.47. The van der Waals surface area contributed by atoms with Gasteiger partial charge in [0.2, 0.25) is 11.8 Å². The lowest BCUT2D eigenvalue weighted by atomic mass is 10.1.